The molecule has 1 heterocycles. The van der Waals surface area contributed by atoms with Gasteiger partial charge >= 0.3 is 0 Å². The quantitative estimate of drug-likeness (QED) is 0.765. The van der Waals surface area contributed by atoms with Gasteiger partial charge < -0.3 is 15.0 Å². The predicted octanol–water partition coefficient (Wildman–Crippen LogP) is 2.95. The summed E-state index contributed by atoms with van der Waals surface area (Å²) in [6.45, 7) is 7.87. The molecule has 0 aromatic heterocycles. The molecule has 3 rings (SSSR count). The molecule has 2 aromatic carbocycles. The molecule has 1 amide bonds. The van der Waals surface area contributed by atoms with Crippen LogP contribution in [0.15, 0.2) is 48.5 Å². The van der Waals surface area contributed by atoms with Crippen LogP contribution in [0, 0.1) is 6.92 Å². The first-order valence-electron chi connectivity index (χ1n) is 9.62. The van der Waals surface area contributed by atoms with Crippen molar-refractivity contribution in [3.05, 3.63) is 59.7 Å². The summed E-state index contributed by atoms with van der Waals surface area (Å²) in [7, 11) is 1.69. The van der Waals surface area contributed by atoms with Gasteiger partial charge in [-0.1, -0.05) is 18.2 Å². The van der Waals surface area contributed by atoms with Crippen molar-refractivity contribution < 1.29 is 9.53 Å². The van der Waals surface area contributed by atoms with E-state index in [2.05, 4.69) is 27.2 Å². The number of amides is 1. The number of aryl methyl sites for hydroxylation is 1. The van der Waals surface area contributed by atoms with E-state index in [0.29, 0.717) is 6.54 Å². The lowest BCUT2D eigenvalue weighted by molar-refractivity contribution is 0.0951. The Balaban J connectivity index is 1.36. The van der Waals surface area contributed by atoms with Crippen LogP contribution in [0.3, 0.4) is 0 Å². The maximum absolute atomic E-state index is 12.2. The first-order chi connectivity index (χ1) is 13.2. The molecule has 0 atom stereocenters. The Labute approximate surface area is 161 Å². The third kappa shape index (κ3) is 5.23. The van der Waals surface area contributed by atoms with Crippen LogP contribution in [0.25, 0.3) is 0 Å². The minimum atomic E-state index is 0.0254. The third-order valence-electron chi connectivity index (χ3n) is 5.14. The standard InChI is InChI=1S/C22H29N3O2/c1-18-6-3-4-7-21(18)22(26)23-12-5-13-24-14-16-25(17-15-24)19-8-10-20(27-2)11-9-19/h3-4,6-11H,5,12-17H2,1-2H3,(H,23,26). The number of piperazine rings is 1. The average Bonchev–Trinajstić information content (AvgIpc) is 2.72. The number of anilines is 1. The van der Waals surface area contributed by atoms with Gasteiger partial charge in [0.25, 0.3) is 5.91 Å². The highest BCUT2D eigenvalue weighted by Crippen LogP contribution is 2.20. The lowest BCUT2D eigenvalue weighted by atomic mass is 10.1. The van der Waals surface area contributed by atoms with Crippen molar-refractivity contribution in [2.75, 3.05) is 51.3 Å². The Kier molecular flexibility index (Phi) is 6.71. The zero-order chi connectivity index (χ0) is 19.1. The van der Waals surface area contributed by atoms with Crippen LogP contribution in [0.1, 0.15) is 22.3 Å². The predicted molar refractivity (Wildman–Crippen MR) is 110 cm³/mol. The lowest BCUT2D eigenvalue weighted by Crippen LogP contribution is -2.47. The van der Waals surface area contributed by atoms with E-state index in [9.17, 15) is 4.79 Å². The number of carbonyl (C=O) groups excluding carboxylic acids is 1. The minimum Gasteiger partial charge on any atom is -0.497 e. The Morgan fingerprint density at radius 1 is 1.04 bits per heavy atom. The molecular formula is C22H29N3O2. The van der Waals surface area contributed by atoms with E-state index in [4.69, 9.17) is 4.74 Å². The van der Waals surface area contributed by atoms with Crippen LogP contribution in [0.4, 0.5) is 5.69 Å². The summed E-state index contributed by atoms with van der Waals surface area (Å²) in [4.78, 5) is 17.1. The fourth-order valence-corrected chi connectivity index (χ4v) is 3.45. The first kappa shape index (κ1) is 19.2. The van der Waals surface area contributed by atoms with Crippen LogP contribution in [-0.4, -0.2) is 57.2 Å². The molecule has 5 heteroatoms. The minimum absolute atomic E-state index is 0.0254. The number of ether oxygens (including phenoxy) is 1. The van der Waals surface area contributed by atoms with E-state index in [1.54, 1.807) is 7.11 Å². The number of hydrogen-bond acceptors (Lipinski definition) is 4. The highest BCUT2D eigenvalue weighted by Gasteiger charge is 2.17. The molecule has 1 aliphatic rings. The molecule has 1 aliphatic heterocycles. The Hall–Kier alpha value is -2.53. The highest BCUT2D eigenvalue weighted by molar-refractivity contribution is 5.95. The van der Waals surface area contributed by atoms with Crippen LogP contribution in [-0.2, 0) is 0 Å². The highest BCUT2D eigenvalue weighted by atomic mass is 16.5. The second-order valence-corrected chi connectivity index (χ2v) is 6.95. The smallest absolute Gasteiger partial charge is 0.251 e. The van der Waals surface area contributed by atoms with Crippen molar-refractivity contribution in [3.63, 3.8) is 0 Å². The zero-order valence-electron chi connectivity index (χ0n) is 16.3. The van der Waals surface area contributed by atoms with E-state index >= 15 is 0 Å². The van der Waals surface area contributed by atoms with Gasteiger partial charge in [0.05, 0.1) is 7.11 Å². The molecule has 0 radical (unpaired) electrons. The summed E-state index contributed by atoms with van der Waals surface area (Å²) in [6, 6.07) is 16.0. The summed E-state index contributed by atoms with van der Waals surface area (Å²) >= 11 is 0. The molecule has 0 spiro atoms. The fraction of sp³-hybridized carbons (Fsp3) is 0.409. The van der Waals surface area contributed by atoms with Crippen molar-refractivity contribution >= 4 is 11.6 Å². The summed E-state index contributed by atoms with van der Waals surface area (Å²) in [5.41, 5.74) is 3.04. The number of rotatable bonds is 7. The molecule has 27 heavy (non-hydrogen) atoms. The Bertz CT molecular complexity index is 737. The second-order valence-electron chi connectivity index (χ2n) is 6.95. The van der Waals surface area contributed by atoms with Gasteiger partial charge in [-0.15, -0.1) is 0 Å². The van der Waals surface area contributed by atoms with E-state index in [0.717, 1.165) is 56.0 Å². The number of hydrogen-bond donors (Lipinski definition) is 1. The summed E-state index contributed by atoms with van der Waals surface area (Å²) in [6.07, 6.45) is 0.972. The number of benzene rings is 2. The van der Waals surface area contributed by atoms with Gasteiger partial charge in [-0.3, -0.25) is 9.69 Å². The van der Waals surface area contributed by atoms with Crippen LogP contribution in [0.5, 0.6) is 5.75 Å². The van der Waals surface area contributed by atoms with Crippen LogP contribution < -0.4 is 15.0 Å². The van der Waals surface area contributed by atoms with Gasteiger partial charge in [0.2, 0.25) is 0 Å². The molecular weight excluding hydrogens is 338 g/mol. The molecule has 0 bridgehead atoms. The fourth-order valence-electron chi connectivity index (χ4n) is 3.45. The average molecular weight is 367 g/mol. The van der Waals surface area contributed by atoms with E-state index in [-0.39, 0.29) is 5.91 Å². The van der Waals surface area contributed by atoms with Gasteiger partial charge in [-0.2, -0.15) is 0 Å². The van der Waals surface area contributed by atoms with E-state index < -0.39 is 0 Å². The van der Waals surface area contributed by atoms with Gasteiger partial charge in [-0.25, -0.2) is 0 Å². The molecule has 0 aliphatic carbocycles. The van der Waals surface area contributed by atoms with Crippen LogP contribution >= 0.6 is 0 Å². The molecule has 1 fully saturated rings. The number of nitrogens with zero attached hydrogens (tertiary/aromatic N) is 2. The molecule has 1 N–H and O–H groups in total. The van der Waals surface area contributed by atoms with Crippen molar-refractivity contribution in [1.29, 1.82) is 0 Å². The Morgan fingerprint density at radius 2 is 1.74 bits per heavy atom. The normalized spacial score (nSPS) is 14.8. The maximum atomic E-state index is 12.2. The van der Waals surface area contributed by atoms with Crippen molar-refractivity contribution in [2.45, 2.75) is 13.3 Å². The maximum Gasteiger partial charge on any atom is 0.251 e. The monoisotopic (exact) mass is 367 g/mol. The van der Waals surface area contributed by atoms with Crippen molar-refractivity contribution in [2.24, 2.45) is 0 Å². The number of nitrogens with one attached hydrogen (secondary N) is 1. The topological polar surface area (TPSA) is 44.8 Å². The second kappa shape index (κ2) is 9.42. The first-order valence-corrected chi connectivity index (χ1v) is 9.62. The molecule has 2 aromatic rings. The summed E-state index contributed by atoms with van der Waals surface area (Å²) in [5, 5.41) is 3.04. The molecule has 1 saturated heterocycles. The van der Waals surface area contributed by atoms with Gasteiger partial charge in [-0.05, 0) is 55.8 Å². The molecule has 144 valence electrons. The van der Waals surface area contributed by atoms with Crippen molar-refractivity contribution in [1.82, 2.24) is 10.2 Å². The SMILES string of the molecule is COc1ccc(N2CCN(CCCNC(=O)c3ccccc3C)CC2)cc1. The van der Waals surface area contributed by atoms with E-state index in [1.807, 2.05) is 43.3 Å². The molecule has 0 saturated carbocycles. The largest absolute Gasteiger partial charge is 0.497 e. The van der Waals surface area contributed by atoms with Gasteiger partial charge in [0, 0.05) is 44.0 Å². The van der Waals surface area contributed by atoms with Crippen LogP contribution in [0.2, 0.25) is 0 Å². The van der Waals surface area contributed by atoms with Crippen molar-refractivity contribution in [3.8, 4) is 5.75 Å². The summed E-state index contributed by atoms with van der Waals surface area (Å²) in [5.74, 6) is 0.919. The Morgan fingerprint density at radius 3 is 2.41 bits per heavy atom. The van der Waals surface area contributed by atoms with E-state index in [1.165, 1.54) is 5.69 Å². The number of methoxy groups -OCH3 is 1. The number of carbonyl (C=O) groups is 1. The van der Waals surface area contributed by atoms with Gasteiger partial charge in [0.1, 0.15) is 5.75 Å². The zero-order valence-corrected chi connectivity index (χ0v) is 16.3. The lowest BCUT2D eigenvalue weighted by Gasteiger charge is -2.36. The third-order valence-corrected chi connectivity index (χ3v) is 5.14. The molecule has 5 nitrogen and oxygen atoms in total. The van der Waals surface area contributed by atoms with Gasteiger partial charge in [0.15, 0.2) is 0 Å². The summed E-state index contributed by atoms with van der Waals surface area (Å²) < 4.78 is 5.22. The molecule has 0 unspecified atom stereocenters.